The monoisotopic (exact) mass is 374 g/mol. The van der Waals surface area contributed by atoms with E-state index in [1.165, 1.54) is 18.4 Å². The van der Waals surface area contributed by atoms with Crippen LogP contribution in [0.2, 0.25) is 0 Å². The SMILES string of the molecule is CCn1ccc(C(=O)N=c2sc3cc(OC)ccc3n2CC(=O)OC)n1. The fraction of sp³-hybridized carbons (Fsp3) is 0.294. The molecular weight excluding hydrogens is 356 g/mol. The van der Waals surface area contributed by atoms with Gasteiger partial charge >= 0.3 is 5.97 Å². The molecule has 0 aliphatic rings. The molecule has 2 heterocycles. The number of aromatic nitrogens is 3. The van der Waals surface area contributed by atoms with Crippen molar-refractivity contribution in [1.29, 1.82) is 0 Å². The van der Waals surface area contributed by atoms with Crippen molar-refractivity contribution in [3.63, 3.8) is 0 Å². The number of aryl methyl sites for hydroxylation is 1. The molecule has 0 aliphatic heterocycles. The van der Waals surface area contributed by atoms with Crippen LogP contribution in [0.4, 0.5) is 0 Å². The first kappa shape index (κ1) is 17.9. The van der Waals surface area contributed by atoms with Crippen molar-refractivity contribution in [3.05, 3.63) is 41.0 Å². The fourth-order valence-corrected chi connectivity index (χ4v) is 3.46. The second-order valence-electron chi connectivity index (χ2n) is 5.35. The average molecular weight is 374 g/mol. The lowest BCUT2D eigenvalue weighted by Crippen LogP contribution is -2.22. The Hall–Kier alpha value is -2.94. The standard InChI is InChI=1S/C17H18N4O4S/c1-4-20-8-7-12(19-20)16(23)18-17-21(10-15(22)25-3)13-6-5-11(24-2)9-14(13)26-17/h5-9H,4,10H2,1-3H3. The van der Waals surface area contributed by atoms with Crippen molar-refractivity contribution in [2.24, 2.45) is 4.99 Å². The zero-order valence-electron chi connectivity index (χ0n) is 14.6. The second-order valence-corrected chi connectivity index (χ2v) is 6.36. The quantitative estimate of drug-likeness (QED) is 0.636. The summed E-state index contributed by atoms with van der Waals surface area (Å²) in [6.45, 7) is 2.55. The number of methoxy groups -OCH3 is 2. The normalized spacial score (nSPS) is 11.7. The Labute approximate surface area is 153 Å². The summed E-state index contributed by atoms with van der Waals surface area (Å²) in [4.78, 5) is 28.8. The van der Waals surface area contributed by atoms with Crippen molar-refractivity contribution in [1.82, 2.24) is 14.3 Å². The largest absolute Gasteiger partial charge is 0.497 e. The van der Waals surface area contributed by atoms with Crippen molar-refractivity contribution in [3.8, 4) is 5.75 Å². The number of fused-ring (bicyclic) bond motifs is 1. The molecule has 0 saturated heterocycles. The summed E-state index contributed by atoms with van der Waals surface area (Å²) < 4.78 is 14.1. The number of carbonyl (C=O) groups excluding carboxylic acids is 2. The van der Waals surface area contributed by atoms with Gasteiger partial charge in [-0.2, -0.15) is 10.1 Å². The van der Waals surface area contributed by atoms with Gasteiger partial charge in [-0.05, 0) is 31.2 Å². The lowest BCUT2D eigenvalue weighted by atomic mass is 10.3. The molecule has 0 fully saturated rings. The summed E-state index contributed by atoms with van der Waals surface area (Å²) in [5, 5.41) is 4.17. The Morgan fingerprint density at radius 1 is 1.27 bits per heavy atom. The van der Waals surface area contributed by atoms with Crippen molar-refractivity contribution in [2.75, 3.05) is 14.2 Å². The third-order valence-corrected chi connectivity index (χ3v) is 4.83. The molecule has 0 atom stereocenters. The van der Waals surface area contributed by atoms with Crippen molar-refractivity contribution in [2.45, 2.75) is 20.0 Å². The topological polar surface area (TPSA) is 87.7 Å². The first-order valence-corrected chi connectivity index (χ1v) is 8.74. The van der Waals surface area contributed by atoms with Crippen LogP contribution in [-0.2, 0) is 22.6 Å². The molecule has 0 aliphatic carbocycles. The van der Waals surface area contributed by atoms with Gasteiger partial charge in [-0.15, -0.1) is 0 Å². The van der Waals surface area contributed by atoms with Crippen LogP contribution in [0.5, 0.6) is 5.75 Å². The van der Waals surface area contributed by atoms with Crippen molar-refractivity contribution >= 4 is 33.4 Å². The highest BCUT2D eigenvalue weighted by molar-refractivity contribution is 7.16. The summed E-state index contributed by atoms with van der Waals surface area (Å²) in [7, 11) is 2.90. The molecule has 26 heavy (non-hydrogen) atoms. The molecule has 0 unspecified atom stereocenters. The summed E-state index contributed by atoms with van der Waals surface area (Å²) >= 11 is 1.29. The molecule has 0 spiro atoms. The molecule has 9 heteroatoms. The van der Waals surface area contributed by atoms with Crippen LogP contribution >= 0.6 is 11.3 Å². The van der Waals surface area contributed by atoms with E-state index in [0.717, 1.165) is 10.2 Å². The van der Waals surface area contributed by atoms with E-state index in [0.29, 0.717) is 17.1 Å². The average Bonchev–Trinajstić information content (AvgIpc) is 3.26. The van der Waals surface area contributed by atoms with Crippen LogP contribution in [0.15, 0.2) is 35.5 Å². The lowest BCUT2D eigenvalue weighted by Gasteiger charge is -2.04. The highest BCUT2D eigenvalue weighted by Gasteiger charge is 2.14. The third-order valence-electron chi connectivity index (χ3n) is 3.79. The summed E-state index contributed by atoms with van der Waals surface area (Å²) in [5.74, 6) is -0.206. The maximum absolute atomic E-state index is 12.5. The molecule has 1 amide bonds. The Morgan fingerprint density at radius 2 is 2.08 bits per heavy atom. The van der Waals surface area contributed by atoms with Gasteiger partial charge in [-0.25, -0.2) is 0 Å². The third kappa shape index (κ3) is 3.52. The van der Waals surface area contributed by atoms with Gasteiger partial charge in [0.05, 0.1) is 24.4 Å². The van der Waals surface area contributed by atoms with E-state index in [2.05, 4.69) is 10.1 Å². The van der Waals surface area contributed by atoms with Gasteiger partial charge in [0.1, 0.15) is 12.3 Å². The minimum atomic E-state index is -0.464. The maximum Gasteiger partial charge on any atom is 0.325 e. The number of ether oxygens (including phenoxy) is 2. The van der Waals surface area contributed by atoms with Crippen LogP contribution in [0, 0.1) is 0 Å². The van der Waals surface area contributed by atoms with Crippen LogP contribution in [0.3, 0.4) is 0 Å². The highest BCUT2D eigenvalue weighted by Crippen LogP contribution is 2.23. The van der Waals surface area contributed by atoms with Crippen LogP contribution in [-0.4, -0.2) is 40.4 Å². The predicted molar refractivity (Wildman–Crippen MR) is 96.2 cm³/mol. The molecule has 0 bridgehead atoms. The number of thiazole rings is 1. The van der Waals surface area contributed by atoms with Gasteiger partial charge in [0.15, 0.2) is 10.5 Å². The van der Waals surface area contributed by atoms with E-state index in [9.17, 15) is 9.59 Å². The number of benzene rings is 1. The number of rotatable bonds is 5. The molecule has 1 aromatic carbocycles. The second kappa shape index (κ2) is 7.52. The summed E-state index contributed by atoms with van der Waals surface area (Å²) in [5.41, 5.74) is 1.03. The molecule has 0 radical (unpaired) electrons. The number of hydrogen-bond donors (Lipinski definition) is 0. The molecule has 0 N–H and O–H groups in total. The van der Waals surface area contributed by atoms with E-state index in [4.69, 9.17) is 9.47 Å². The smallest absolute Gasteiger partial charge is 0.325 e. The van der Waals surface area contributed by atoms with E-state index in [1.54, 1.807) is 34.7 Å². The molecule has 2 aromatic heterocycles. The molecule has 136 valence electrons. The zero-order valence-corrected chi connectivity index (χ0v) is 15.4. The van der Waals surface area contributed by atoms with Crippen LogP contribution < -0.4 is 9.54 Å². The van der Waals surface area contributed by atoms with Gasteiger partial charge in [-0.3, -0.25) is 14.3 Å². The van der Waals surface area contributed by atoms with E-state index in [1.807, 2.05) is 19.1 Å². The Kier molecular flexibility index (Phi) is 5.17. The number of nitrogens with zero attached hydrogens (tertiary/aromatic N) is 4. The molecule has 3 aromatic rings. The Balaban J connectivity index is 2.11. The molecule has 8 nitrogen and oxygen atoms in total. The first-order valence-electron chi connectivity index (χ1n) is 7.92. The van der Waals surface area contributed by atoms with E-state index >= 15 is 0 Å². The first-order chi connectivity index (χ1) is 12.5. The number of amides is 1. The molecule has 0 saturated carbocycles. The van der Waals surface area contributed by atoms with Crippen molar-refractivity contribution < 1.29 is 19.1 Å². The number of carbonyl (C=O) groups is 2. The van der Waals surface area contributed by atoms with Gasteiger partial charge in [-0.1, -0.05) is 11.3 Å². The minimum absolute atomic E-state index is 0.0433. The van der Waals surface area contributed by atoms with Gasteiger partial charge in [0.25, 0.3) is 5.91 Å². The minimum Gasteiger partial charge on any atom is -0.497 e. The van der Waals surface area contributed by atoms with Crippen LogP contribution in [0.1, 0.15) is 17.4 Å². The summed E-state index contributed by atoms with van der Waals surface area (Å²) in [6.07, 6.45) is 1.72. The zero-order chi connectivity index (χ0) is 18.7. The molecular formula is C17H18N4O4S. The Bertz CT molecular complexity index is 1030. The maximum atomic E-state index is 12.5. The summed E-state index contributed by atoms with van der Waals surface area (Å²) in [6, 6.07) is 7.07. The highest BCUT2D eigenvalue weighted by atomic mass is 32.1. The van der Waals surface area contributed by atoms with E-state index in [-0.39, 0.29) is 12.2 Å². The fourth-order valence-electron chi connectivity index (χ4n) is 2.41. The molecule has 3 rings (SSSR count). The van der Waals surface area contributed by atoms with Gasteiger partial charge in [0, 0.05) is 12.7 Å². The van der Waals surface area contributed by atoms with E-state index < -0.39 is 11.9 Å². The lowest BCUT2D eigenvalue weighted by molar-refractivity contribution is -0.141. The van der Waals surface area contributed by atoms with Crippen LogP contribution in [0.25, 0.3) is 10.2 Å². The number of esters is 1. The predicted octanol–water partition coefficient (Wildman–Crippen LogP) is 1.84. The van der Waals surface area contributed by atoms with Gasteiger partial charge in [0.2, 0.25) is 0 Å². The number of hydrogen-bond acceptors (Lipinski definition) is 6. The van der Waals surface area contributed by atoms with Gasteiger partial charge < -0.3 is 14.0 Å². The Morgan fingerprint density at radius 3 is 2.73 bits per heavy atom.